The van der Waals surface area contributed by atoms with Crippen molar-refractivity contribution in [2.45, 2.75) is 70.4 Å². The van der Waals surface area contributed by atoms with Crippen LogP contribution in [0.3, 0.4) is 0 Å². The first-order valence-corrected chi connectivity index (χ1v) is 13.9. The van der Waals surface area contributed by atoms with Crippen LogP contribution >= 0.6 is 23.2 Å². The second kappa shape index (κ2) is 10.6. The predicted molar refractivity (Wildman–Crippen MR) is 140 cm³/mol. The highest BCUT2D eigenvalue weighted by Crippen LogP contribution is 2.53. The van der Waals surface area contributed by atoms with Crippen molar-refractivity contribution in [1.29, 1.82) is 0 Å². The van der Waals surface area contributed by atoms with Crippen LogP contribution in [-0.2, 0) is 11.3 Å². The number of carbonyl (C=O) groups is 1. The third-order valence-electron chi connectivity index (χ3n) is 8.49. The average molecular weight is 534 g/mol. The molecule has 194 valence electrons. The van der Waals surface area contributed by atoms with Gasteiger partial charge in [0, 0.05) is 22.7 Å². The summed E-state index contributed by atoms with van der Waals surface area (Å²) in [5, 5.41) is 10.6. The fourth-order valence-corrected chi connectivity index (χ4v) is 7.05. The van der Waals surface area contributed by atoms with Crippen molar-refractivity contribution in [3.8, 4) is 0 Å². The Labute approximate surface area is 222 Å². The molecule has 1 aliphatic heterocycles. The van der Waals surface area contributed by atoms with Gasteiger partial charge in [0.15, 0.2) is 0 Å². The zero-order valence-electron chi connectivity index (χ0n) is 20.7. The fraction of sp³-hybridized carbons (Fsp3) is 0.552. The zero-order chi connectivity index (χ0) is 25.4. The van der Waals surface area contributed by atoms with Gasteiger partial charge in [-0.3, -0.25) is 4.90 Å². The lowest BCUT2D eigenvalue weighted by atomic mass is 9.57. The van der Waals surface area contributed by atoms with Gasteiger partial charge in [0.05, 0.1) is 12.2 Å². The van der Waals surface area contributed by atoms with E-state index in [9.17, 15) is 14.3 Å². The number of rotatable bonds is 9. The normalized spacial score (nSPS) is 20.9. The molecule has 2 aromatic carbocycles. The van der Waals surface area contributed by atoms with Gasteiger partial charge in [0.25, 0.3) is 0 Å². The van der Waals surface area contributed by atoms with E-state index in [1.807, 2.05) is 12.1 Å². The third-order valence-corrected chi connectivity index (χ3v) is 8.92. The zero-order valence-corrected chi connectivity index (χ0v) is 22.3. The van der Waals surface area contributed by atoms with E-state index in [-0.39, 0.29) is 5.56 Å². The predicted octanol–water partition coefficient (Wildman–Crippen LogP) is 7.87. The van der Waals surface area contributed by atoms with Gasteiger partial charge in [-0.1, -0.05) is 30.1 Å². The minimum Gasteiger partial charge on any atom is -0.478 e. The largest absolute Gasteiger partial charge is 0.478 e. The Morgan fingerprint density at radius 3 is 2.39 bits per heavy atom. The van der Waals surface area contributed by atoms with Crippen molar-refractivity contribution in [1.82, 2.24) is 4.90 Å². The smallest absolute Gasteiger partial charge is 0.338 e. The van der Waals surface area contributed by atoms with Crippen molar-refractivity contribution in [3.05, 3.63) is 68.4 Å². The van der Waals surface area contributed by atoms with Crippen LogP contribution in [-0.4, -0.2) is 35.7 Å². The SMILES string of the molecule is CCC(c1cc(Cl)cc(Cl)c1)N1CCC2(CC1)CC(COCc1cc(F)c(C(=O)O)cc1C1CC1)C2. The number of hydrogen-bond acceptors (Lipinski definition) is 3. The van der Waals surface area contributed by atoms with Crippen LogP contribution in [0.15, 0.2) is 30.3 Å². The molecule has 0 aromatic heterocycles. The van der Waals surface area contributed by atoms with E-state index in [0.29, 0.717) is 46.6 Å². The van der Waals surface area contributed by atoms with E-state index in [1.165, 1.54) is 43.4 Å². The molecular weight excluding hydrogens is 500 g/mol. The lowest BCUT2D eigenvalue weighted by molar-refractivity contribution is -0.0594. The summed E-state index contributed by atoms with van der Waals surface area (Å²) < 4.78 is 20.3. The number of carboxylic acids is 1. The van der Waals surface area contributed by atoms with Gasteiger partial charge in [0.1, 0.15) is 5.82 Å². The van der Waals surface area contributed by atoms with E-state index in [1.54, 1.807) is 6.07 Å². The van der Waals surface area contributed by atoms with Crippen LogP contribution < -0.4 is 0 Å². The summed E-state index contributed by atoms with van der Waals surface area (Å²) in [6.07, 6.45) is 7.85. The Balaban J connectivity index is 1.11. The number of ether oxygens (including phenoxy) is 1. The van der Waals surface area contributed by atoms with Gasteiger partial charge in [0.2, 0.25) is 0 Å². The second-order valence-corrected chi connectivity index (χ2v) is 11.9. The van der Waals surface area contributed by atoms with E-state index in [2.05, 4.69) is 11.8 Å². The number of piperidine rings is 1. The molecule has 4 nitrogen and oxygen atoms in total. The van der Waals surface area contributed by atoms with Crippen molar-refractivity contribution >= 4 is 29.2 Å². The Bertz CT molecular complexity index is 1100. The maximum absolute atomic E-state index is 14.3. The van der Waals surface area contributed by atoms with Gasteiger partial charge >= 0.3 is 5.97 Å². The number of aromatic carboxylic acids is 1. The van der Waals surface area contributed by atoms with Gasteiger partial charge in [-0.05, 0) is 122 Å². The number of hydrogen-bond donors (Lipinski definition) is 1. The molecule has 0 amide bonds. The summed E-state index contributed by atoms with van der Waals surface area (Å²) in [5.41, 5.74) is 3.12. The molecule has 1 unspecified atom stereocenters. The highest BCUT2D eigenvalue weighted by molar-refractivity contribution is 6.34. The van der Waals surface area contributed by atoms with E-state index in [0.717, 1.165) is 43.5 Å². The first kappa shape index (κ1) is 26.0. The van der Waals surface area contributed by atoms with Crippen molar-refractivity contribution in [2.24, 2.45) is 11.3 Å². The minimum atomic E-state index is -1.21. The Kier molecular flexibility index (Phi) is 7.65. The molecule has 1 saturated heterocycles. The van der Waals surface area contributed by atoms with Crippen molar-refractivity contribution in [2.75, 3.05) is 19.7 Å². The molecule has 1 heterocycles. The molecule has 0 bridgehead atoms. The van der Waals surface area contributed by atoms with Gasteiger partial charge in [-0.25, -0.2) is 9.18 Å². The lowest BCUT2D eigenvalue weighted by Gasteiger charge is -2.53. The average Bonchev–Trinajstić information content (AvgIpc) is 3.64. The molecule has 2 saturated carbocycles. The number of carboxylic acid groups (broad SMARTS) is 1. The maximum atomic E-state index is 14.3. The maximum Gasteiger partial charge on any atom is 0.338 e. The van der Waals surface area contributed by atoms with Crippen molar-refractivity contribution < 1.29 is 19.0 Å². The summed E-state index contributed by atoms with van der Waals surface area (Å²) in [7, 11) is 0. The van der Waals surface area contributed by atoms with Gasteiger partial charge in [-0.2, -0.15) is 0 Å². The molecule has 3 aliphatic rings. The molecule has 7 heteroatoms. The van der Waals surface area contributed by atoms with Gasteiger partial charge < -0.3 is 9.84 Å². The summed E-state index contributed by atoms with van der Waals surface area (Å²) in [4.78, 5) is 13.9. The monoisotopic (exact) mass is 533 g/mol. The molecule has 1 atom stereocenters. The highest BCUT2D eigenvalue weighted by atomic mass is 35.5. The topological polar surface area (TPSA) is 49.8 Å². The van der Waals surface area contributed by atoms with Gasteiger partial charge in [-0.15, -0.1) is 0 Å². The molecule has 2 aromatic rings. The quantitative estimate of drug-likeness (QED) is 0.356. The van der Waals surface area contributed by atoms with Crippen LogP contribution in [0, 0.1) is 17.2 Å². The minimum absolute atomic E-state index is 0.239. The van der Waals surface area contributed by atoms with Crippen LogP contribution in [0.25, 0.3) is 0 Å². The molecule has 0 radical (unpaired) electrons. The molecule has 5 rings (SSSR count). The Hall–Kier alpha value is -1.66. The van der Waals surface area contributed by atoms with Crippen LogP contribution in [0.4, 0.5) is 4.39 Å². The summed E-state index contributed by atoms with van der Waals surface area (Å²) in [6.45, 7) is 5.40. The molecule has 3 fully saturated rings. The van der Waals surface area contributed by atoms with E-state index >= 15 is 0 Å². The Morgan fingerprint density at radius 2 is 1.81 bits per heavy atom. The molecule has 1 N–H and O–H groups in total. The highest BCUT2D eigenvalue weighted by Gasteiger charge is 2.46. The first-order chi connectivity index (χ1) is 17.3. The standard InChI is InChI=1S/C29H34Cl2FNO3/c1-2-27(20-9-22(30)12-23(31)10-20)33-7-5-29(6-8-33)14-18(15-29)16-36-17-21-11-26(32)25(28(34)35)13-24(21)19-3-4-19/h9-13,18-19,27H,2-8,14-17H2,1H3,(H,34,35). The van der Waals surface area contributed by atoms with E-state index in [4.69, 9.17) is 27.9 Å². The fourth-order valence-electron chi connectivity index (χ4n) is 6.50. The van der Waals surface area contributed by atoms with Crippen LogP contribution in [0.1, 0.15) is 90.9 Å². The Morgan fingerprint density at radius 1 is 1.14 bits per heavy atom. The summed E-state index contributed by atoms with van der Waals surface area (Å²) in [5.74, 6) is -1.01. The molecule has 1 spiro atoms. The lowest BCUT2D eigenvalue weighted by Crippen LogP contribution is -2.48. The first-order valence-electron chi connectivity index (χ1n) is 13.1. The van der Waals surface area contributed by atoms with Crippen molar-refractivity contribution in [3.63, 3.8) is 0 Å². The molecule has 36 heavy (non-hydrogen) atoms. The molecular formula is C29H34Cl2FNO3. The number of benzene rings is 2. The number of halogens is 3. The van der Waals surface area contributed by atoms with Crippen LogP contribution in [0.5, 0.6) is 0 Å². The molecule has 2 aliphatic carbocycles. The summed E-state index contributed by atoms with van der Waals surface area (Å²) in [6, 6.07) is 9.09. The summed E-state index contributed by atoms with van der Waals surface area (Å²) >= 11 is 12.5. The van der Waals surface area contributed by atoms with Crippen LogP contribution in [0.2, 0.25) is 10.0 Å². The number of likely N-dealkylation sites (tertiary alicyclic amines) is 1. The number of nitrogens with zero attached hydrogens (tertiary/aromatic N) is 1. The second-order valence-electron chi connectivity index (χ2n) is 11.1. The van der Waals surface area contributed by atoms with E-state index < -0.39 is 11.8 Å². The third kappa shape index (κ3) is 5.60.